The molecule has 2 rings (SSSR count). The standard InChI is InChI=1S/C35H52O2S/c1-8-10-16-33(26-28(4)17-20-31-14-12-11-13-15-31)34(29(5)32-21-18-27(3)19-22-32)37-30(6)35(36-7,23-9-2)24-25-38/h8,10,16,18-19,21-22,26,31,38H,6,9,11-15,17,20,23-25H2,1-5,7H3. The molecule has 3 heteroatoms. The first-order valence-corrected chi connectivity index (χ1v) is 15.2. The summed E-state index contributed by atoms with van der Waals surface area (Å²) in [4.78, 5) is 0. The Hall–Kier alpha value is -1.97. The molecule has 0 N–H and O–H groups in total. The third-order valence-electron chi connectivity index (χ3n) is 7.92. The van der Waals surface area contributed by atoms with Crippen LogP contribution in [0.1, 0.15) is 103 Å². The van der Waals surface area contributed by atoms with Crippen LogP contribution in [-0.2, 0) is 9.47 Å². The van der Waals surface area contributed by atoms with Crippen LogP contribution < -0.4 is 0 Å². The van der Waals surface area contributed by atoms with Crippen LogP contribution in [0.15, 0.2) is 77.8 Å². The quantitative estimate of drug-likeness (QED) is 0.136. The van der Waals surface area contributed by atoms with Crippen molar-refractivity contribution in [2.45, 2.75) is 104 Å². The van der Waals surface area contributed by atoms with E-state index in [1.54, 1.807) is 7.11 Å². The van der Waals surface area contributed by atoms with Crippen LogP contribution in [-0.4, -0.2) is 18.5 Å². The average Bonchev–Trinajstić information content (AvgIpc) is 2.93. The maximum atomic E-state index is 6.79. The van der Waals surface area contributed by atoms with Crippen LogP contribution in [0.25, 0.3) is 5.57 Å². The summed E-state index contributed by atoms with van der Waals surface area (Å²) in [7, 11) is 1.76. The summed E-state index contributed by atoms with van der Waals surface area (Å²) in [5.41, 5.74) is 5.36. The Morgan fingerprint density at radius 3 is 2.37 bits per heavy atom. The van der Waals surface area contributed by atoms with E-state index in [2.05, 4.69) is 95.5 Å². The molecule has 0 heterocycles. The van der Waals surface area contributed by atoms with Crippen molar-refractivity contribution in [2.75, 3.05) is 12.9 Å². The summed E-state index contributed by atoms with van der Waals surface area (Å²) in [6.07, 6.45) is 20.6. The lowest BCUT2D eigenvalue weighted by atomic mass is 9.85. The van der Waals surface area contributed by atoms with Crippen molar-refractivity contribution in [1.82, 2.24) is 0 Å². The number of thiol groups is 1. The highest BCUT2D eigenvalue weighted by Gasteiger charge is 2.34. The van der Waals surface area contributed by atoms with E-state index < -0.39 is 5.60 Å². The number of ether oxygens (including phenoxy) is 2. The smallest absolute Gasteiger partial charge is 0.137 e. The fraction of sp³-hybridized carbons (Fsp3) is 0.543. The Morgan fingerprint density at radius 1 is 1.11 bits per heavy atom. The summed E-state index contributed by atoms with van der Waals surface area (Å²) in [5, 5.41) is 0. The van der Waals surface area contributed by atoms with Gasteiger partial charge in [0, 0.05) is 12.7 Å². The molecule has 0 bridgehead atoms. The van der Waals surface area contributed by atoms with Gasteiger partial charge in [0.1, 0.15) is 17.1 Å². The monoisotopic (exact) mass is 536 g/mol. The minimum absolute atomic E-state index is 0.569. The van der Waals surface area contributed by atoms with Crippen molar-refractivity contribution in [3.05, 3.63) is 88.9 Å². The second-order valence-corrected chi connectivity index (χ2v) is 11.4. The number of hydrogen-bond donors (Lipinski definition) is 1. The van der Waals surface area contributed by atoms with Crippen LogP contribution in [0, 0.1) is 12.8 Å². The molecule has 1 aromatic rings. The third kappa shape index (κ3) is 9.65. The number of benzene rings is 1. The molecule has 1 atom stereocenters. The van der Waals surface area contributed by atoms with E-state index in [-0.39, 0.29) is 0 Å². The molecule has 0 saturated heterocycles. The van der Waals surface area contributed by atoms with Crippen molar-refractivity contribution in [1.29, 1.82) is 0 Å². The number of hydrogen-bond acceptors (Lipinski definition) is 3. The van der Waals surface area contributed by atoms with Gasteiger partial charge in [0.15, 0.2) is 0 Å². The zero-order valence-corrected chi connectivity index (χ0v) is 25.8. The number of aryl methyl sites for hydroxylation is 1. The van der Waals surface area contributed by atoms with Gasteiger partial charge in [-0.05, 0) is 76.2 Å². The summed E-state index contributed by atoms with van der Waals surface area (Å²) in [5.74, 6) is 3.06. The molecule has 1 saturated carbocycles. The summed E-state index contributed by atoms with van der Waals surface area (Å²) < 4.78 is 12.9. The van der Waals surface area contributed by atoms with Gasteiger partial charge in [-0.25, -0.2) is 0 Å². The molecule has 1 aliphatic rings. The van der Waals surface area contributed by atoms with Gasteiger partial charge in [-0.2, -0.15) is 12.6 Å². The van der Waals surface area contributed by atoms with Gasteiger partial charge in [-0.1, -0.05) is 112 Å². The third-order valence-corrected chi connectivity index (χ3v) is 8.15. The van der Waals surface area contributed by atoms with Crippen molar-refractivity contribution in [3.63, 3.8) is 0 Å². The molecule has 0 aliphatic heterocycles. The highest BCUT2D eigenvalue weighted by molar-refractivity contribution is 7.80. The number of methoxy groups -OCH3 is 1. The van der Waals surface area contributed by atoms with E-state index in [0.29, 0.717) is 11.5 Å². The second kappa shape index (κ2) is 16.9. The lowest BCUT2D eigenvalue weighted by Crippen LogP contribution is -2.35. The summed E-state index contributed by atoms with van der Waals surface area (Å²) in [6, 6.07) is 8.66. The topological polar surface area (TPSA) is 18.5 Å². The van der Waals surface area contributed by atoms with Crippen LogP contribution in [0.5, 0.6) is 0 Å². The van der Waals surface area contributed by atoms with Crippen LogP contribution >= 0.6 is 12.6 Å². The zero-order chi connectivity index (χ0) is 28.0. The Balaban J connectivity index is 2.53. The van der Waals surface area contributed by atoms with Crippen LogP contribution in [0.3, 0.4) is 0 Å². The van der Waals surface area contributed by atoms with E-state index >= 15 is 0 Å². The molecule has 0 spiro atoms. The molecular weight excluding hydrogens is 484 g/mol. The van der Waals surface area contributed by atoms with Crippen LogP contribution in [0.2, 0.25) is 0 Å². The van der Waals surface area contributed by atoms with Crippen LogP contribution in [0.4, 0.5) is 0 Å². The van der Waals surface area contributed by atoms with Gasteiger partial charge in [-0.3, -0.25) is 0 Å². The van der Waals surface area contributed by atoms with Crippen molar-refractivity contribution >= 4 is 18.2 Å². The first-order chi connectivity index (χ1) is 18.3. The van der Waals surface area contributed by atoms with E-state index in [0.717, 1.165) is 54.1 Å². The summed E-state index contributed by atoms with van der Waals surface area (Å²) >= 11 is 4.53. The zero-order valence-electron chi connectivity index (χ0n) is 24.9. The fourth-order valence-corrected chi connectivity index (χ4v) is 5.80. The highest BCUT2D eigenvalue weighted by atomic mass is 32.1. The fourth-order valence-electron chi connectivity index (χ4n) is 5.44. The lowest BCUT2D eigenvalue weighted by Gasteiger charge is -2.34. The van der Waals surface area contributed by atoms with Crippen molar-refractivity contribution in [3.8, 4) is 0 Å². The summed E-state index contributed by atoms with van der Waals surface area (Å²) in [6.45, 7) is 15.2. The van der Waals surface area contributed by atoms with Crippen molar-refractivity contribution in [2.24, 2.45) is 5.92 Å². The average molecular weight is 537 g/mol. The van der Waals surface area contributed by atoms with E-state index in [1.165, 1.54) is 49.7 Å². The molecule has 0 amide bonds. The maximum Gasteiger partial charge on any atom is 0.137 e. The molecule has 210 valence electrons. The predicted molar refractivity (Wildman–Crippen MR) is 170 cm³/mol. The minimum Gasteiger partial charge on any atom is -0.458 e. The molecule has 2 nitrogen and oxygen atoms in total. The normalized spacial score (nSPS) is 17.9. The lowest BCUT2D eigenvalue weighted by molar-refractivity contribution is -0.0238. The molecular formula is C35H52O2S. The highest BCUT2D eigenvalue weighted by Crippen LogP contribution is 2.37. The molecule has 1 unspecified atom stereocenters. The Kier molecular flexibility index (Phi) is 14.3. The van der Waals surface area contributed by atoms with Gasteiger partial charge in [0.25, 0.3) is 0 Å². The van der Waals surface area contributed by atoms with Gasteiger partial charge < -0.3 is 9.47 Å². The van der Waals surface area contributed by atoms with E-state index in [4.69, 9.17) is 9.47 Å². The van der Waals surface area contributed by atoms with Gasteiger partial charge in [0.2, 0.25) is 0 Å². The van der Waals surface area contributed by atoms with E-state index in [9.17, 15) is 0 Å². The van der Waals surface area contributed by atoms with Gasteiger partial charge in [0.05, 0.1) is 0 Å². The number of allylic oxidation sites excluding steroid dienone is 6. The molecule has 1 aromatic carbocycles. The first-order valence-electron chi connectivity index (χ1n) is 14.6. The second-order valence-electron chi connectivity index (χ2n) is 10.9. The SMILES string of the molecule is C=C(OC(C(C=C(C)CCC1CCCCC1)=CC=CC)=C(C)c1ccc(C)cc1)C(CCC)(CCS)OC. The minimum atomic E-state index is -0.569. The van der Waals surface area contributed by atoms with E-state index in [1.807, 2.05) is 6.92 Å². The molecule has 0 aromatic heterocycles. The largest absolute Gasteiger partial charge is 0.458 e. The Bertz CT molecular complexity index is 981. The Labute approximate surface area is 239 Å². The van der Waals surface area contributed by atoms with Gasteiger partial charge in [-0.15, -0.1) is 0 Å². The van der Waals surface area contributed by atoms with Crippen molar-refractivity contribution < 1.29 is 9.47 Å². The number of rotatable bonds is 15. The molecule has 1 fully saturated rings. The predicted octanol–water partition coefficient (Wildman–Crippen LogP) is 10.6. The molecule has 1 aliphatic carbocycles. The van der Waals surface area contributed by atoms with Gasteiger partial charge >= 0.3 is 0 Å². The molecule has 0 radical (unpaired) electrons. The molecule has 38 heavy (non-hydrogen) atoms. The Morgan fingerprint density at radius 2 is 1.79 bits per heavy atom. The maximum absolute atomic E-state index is 6.79. The first kappa shape index (κ1) is 32.2.